The second kappa shape index (κ2) is 6.96. The number of carbonyl (C=O) groups is 1. The SMILES string of the molecule is CSCC[C@H](N)C(=O)N1CCC2(C=C(C)CCO2)CC1. The highest BCUT2D eigenvalue weighted by molar-refractivity contribution is 7.98. The Morgan fingerprint density at radius 3 is 2.85 bits per heavy atom. The van der Waals surface area contributed by atoms with Crippen molar-refractivity contribution < 1.29 is 9.53 Å². The highest BCUT2D eigenvalue weighted by Gasteiger charge is 2.37. The summed E-state index contributed by atoms with van der Waals surface area (Å²) in [5.74, 6) is 1.04. The zero-order chi connectivity index (χ0) is 14.6. The lowest BCUT2D eigenvalue weighted by Gasteiger charge is -2.42. The third-order valence-electron chi connectivity index (χ3n) is 4.27. The number of rotatable bonds is 4. The predicted molar refractivity (Wildman–Crippen MR) is 83.8 cm³/mol. The van der Waals surface area contributed by atoms with Crippen molar-refractivity contribution in [3.05, 3.63) is 11.6 Å². The fourth-order valence-electron chi connectivity index (χ4n) is 2.98. The normalized spacial score (nSPS) is 23.6. The summed E-state index contributed by atoms with van der Waals surface area (Å²) in [5.41, 5.74) is 7.27. The minimum absolute atomic E-state index is 0.102. The van der Waals surface area contributed by atoms with E-state index in [1.165, 1.54) is 5.57 Å². The van der Waals surface area contributed by atoms with Gasteiger partial charge in [-0.2, -0.15) is 11.8 Å². The average molecular weight is 298 g/mol. The maximum absolute atomic E-state index is 12.3. The lowest BCUT2D eigenvalue weighted by molar-refractivity contribution is -0.137. The maximum atomic E-state index is 12.3. The van der Waals surface area contributed by atoms with Gasteiger partial charge in [0.25, 0.3) is 0 Å². The van der Waals surface area contributed by atoms with Crippen molar-refractivity contribution in [2.75, 3.05) is 31.7 Å². The van der Waals surface area contributed by atoms with Crippen molar-refractivity contribution in [2.45, 2.75) is 44.2 Å². The number of hydrogen-bond acceptors (Lipinski definition) is 4. The molecule has 4 nitrogen and oxygen atoms in total. The molecule has 2 N–H and O–H groups in total. The molecule has 1 atom stereocenters. The van der Waals surface area contributed by atoms with Crippen LogP contribution in [-0.2, 0) is 9.53 Å². The van der Waals surface area contributed by atoms with Gasteiger partial charge >= 0.3 is 0 Å². The van der Waals surface area contributed by atoms with E-state index < -0.39 is 0 Å². The summed E-state index contributed by atoms with van der Waals surface area (Å²) in [7, 11) is 0. The highest BCUT2D eigenvalue weighted by atomic mass is 32.2. The van der Waals surface area contributed by atoms with E-state index in [1.54, 1.807) is 11.8 Å². The van der Waals surface area contributed by atoms with Crippen LogP contribution >= 0.6 is 11.8 Å². The molecule has 2 aliphatic rings. The van der Waals surface area contributed by atoms with E-state index in [-0.39, 0.29) is 17.6 Å². The number of piperidine rings is 1. The lowest BCUT2D eigenvalue weighted by Crippen LogP contribution is -2.52. The van der Waals surface area contributed by atoms with Gasteiger partial charge in [0.15, 0.2) is 0 Å². The molecule has 2 aliphatic heterocycles. The Kier molecular flexibility index (Phi) is 5.52. The third kappa shape index (κ3) is 3.77. The highest BCUT2D eigenvalue weighted by Crippen LogP contribution is 2.33. The number of thioether (sulfide) groups is 1. The smallest absolute Gasteiger partial charge is 0.239 e. The van der Waals surface area contributed by atoms with Crippen molar-refractivity contribution in [1.29, 1.82) is 0 Å². The Hall–Kier alpha value is -0.520. The summed E-state index contributed by atoms with van der Waals surface area (Å²) in [6.07, 6.45) is 7.89. The fraction of sp³-hybridized carbons (Fsp3) is 0.800. The van der Waals surface area contributed by atoms with Crippen LogP contribution in [0, 0.1) is 0 Å². The summed E-state index contributed by atoms with van der Waals surface area (Å²) in [5, 5.41) is 0. The quantitative estimate of drug-likeness (QED) is 0.804. The second-order valence-electron chi connectivity index (χ2n) is 5.87. The molecule has 1 saturated heterocycles. The van der Waals surface area contributed by atoms with Crippen molar-refractivity contribution in [3.63, 3.8) is 0 Å². The summed E-state index contributed by atoms with van der Waals surface area (Å²) >= 11 is 1.73. The fourth-order valence-corrected chi connectivity index (χ4v) is 3.46. The van der Waals surface area contributed by atoms with Crippen LogP contribution in [0.15, 0.2) is 11.6 Å². The number of amides is 1. The number of nitrogens with two attached hydrogens (primary N) is 1. The topological polar surface area (TPSA) is 55.6 Å². The maximum Gasteiger partial charge on any atom is 0.239 e. The average Bonchev–Trinajstić information content (AvgIpc) is 2.44. The first kappa shape index (κ1) is 15.9. The van der Waals surface area contributed by atoms with Crippen molar-refractivity contribution >= 4 is 17.7 Å². The number of nitrogens with zero attached hydrogens (tertiary/aromatic N) is 1. The molecule has 0 aliphatic carbocycles. The molecule has 2 rings (SSSR count). The molecule has 114 valence electrons. The summed E-state index contributed by atoms with van der Waals surface area (Å²) < 4.78 is 5.98. The zero-order valence-electron chi connectivity index (χ0n) is 12.6. The Bertz CT molecular complexity index is 376. The van der Waals surface area contributed by atoms with Gasteiger partial charge in [-0.25, -0.2) is 0 Å². The molecule has 1 spiro atoms. The predicted octanol–water partition coefficient (Wildman–Crippen LogP) is 1.79. The number of hydrogen-bond donors (Lipinski definition) is 1. The van der Waals surface area contributed by atoms with Crippen LogP contribution in [0.5, 0.6) is 0 Å². The van der Waals surface area contributed by atoms with Crippen LogP contribution in [0.25, 0.3) is 0 Å². The van der Waals surface area contributed by atoms with Crippen LogP contribution in [-0.4, -0.2) is 54.2 Å². The first-order valence-electron chi connectivity index (χ1n) is 7.42. The first-order chi connectivity index (χ1) is 9.56. The Balaban J connectivity index is 1.87. The van der Waals surface area contributed by atoms with Gasteiger partial charge in [-0.15, -0.1) is 0 Å². The number of likely N-dealkylation sites (tertiary alicyclic amines) is 1. The van der Waals surface area contributed by atoms with Crippen molar-refractivity contribution in [2.24, 2.45) is 5.73 Å². The standard InChI is InChI=1S/C15H26N2O2S/c1-12-3-9-19-15(11-12)5-7-17(8-6-15)14(18)13(16)4-10-20-2/h11,13H,3-10,16H2,1-2H3/t13-/m0/s1. The number of carbonyl (C=O) groups excluding carboxylic acids is 1. The summed E-state index contributed by atoms with van der Waals surface area (Å²) in [6.45, 7) is 4.49. The Morgan fingerprint density at radius 2 is 2.25 bits per heavy atom. The molecule has 0 aromatic heterocycles. The van der Waals surface area contributed by atoms with Gasteiger partial charge in [-0.3, -0.25) is 4.79 Å². The van der Waals surface area contributed by atoms with Crippen molar-refractivity contribution in [3.8, 4) is 0 Å². The molecule has 0 aromatic rings. The van der Waals surface area contributed by atoms with Crippen molar-refractivity contribution in [1.82, 2.24) is 4.90 Å². The van der Waals surface area contributed by atoms with Crippen LogP contribution < -0.4 is 5.73 Å². The largest absolute Gasteiger partial charge is 0.370 e. The monoisotopic (exact) mass is 298 g/mol. The third-order valence-corrected chi connectivity index (χ3v) is 4.91. The van der Waals surface area contributed by atoms with E-state index in [0.29, 0.717) is 0 Å². The van der Waals surface area contributed by atoms with E-state index in [4.69, 9.17) is 10.5 Å². The molecule has 2 heterocycles. The number of ether oxygens (including phenoxy) is 1. The van der Waals surface area contributed by atoms with Gasteiger partial charge in [0.05, 0.1) is 18.2 Å². The lowest BCUT2D eigenvalue weighted by atomic mass is 9.87. The van der Waals surface area contributed by atoms with Crippen LogP contribution in [0.3, 0.4) is 0 Å². The first-order valence-corrected chi connectivity index (χ1v) is 8.81. The van der Waals surface area contributed by atoms with E-state index in [1.807, 2.05) is 11.2 Å². The van der Waals surface area contributed by atoms with E-state index in [2.05, 4.69) is 13.0 Å². The minimum Gasteiger partial charge on any atom is -0.370 e. The summed E-state index contributed by atoms with van der Waals surface area (Å²) in [6, 6.07) is -0.346. The molecular weight excluding hydrogens is 272 g/mol. The van der Waals surface area contributed by atoms with Gasteiger partial charge < -0.3 is 15.4 Å². The van der Waals surface area contributed by atoms with Crippen LogP contribution in [0.1, 0.15) is 32.6 Å². The zero-order valence-corrected chi connectivity index (χ0v) is 13.4. The molecule has 5 heteroatoms. The van der Waals surface area contributed by atoms with Gasteiger partial charge in [0, 0.05) is 13.1 Å². The van der Waals surface area contributed by atoms with Crippen LogP contribution in [0.4, 0.5) is 0 Å². The molecule has 1 fully saturated rings. The van der Waals surface area contributed by atoms with E-state index >= 15 is 0 Å². The molecule has 20 heavy (non-hydrogen) atoms. The molecule has 1 amide bonds. The minimum atomic E-state index is -0.346. The molecule has 0 aromatic carbocycles. The van der Waals surface area contributed by atoms with Gasteiger partial charge in [-0.1, -0.05) is 11.6 Å². The summed E-state index contributed by atoms with van der Waals surface area (Å²) in [4.78, 5) is 14.2. The second-order valence-corrected chi connectivity index (χ2v) is 6.85. The molecule has 0 radical (unpaired) electrons. The van der Waals surface area contributed by atoms with Crippen LogP contribution in [0.2, 0.25) is 0 Å². The molecule has 0 unspecified atom stereocenters. The molecular formula is C15H26N2O2S. The molecule has 0 saturated carbocycles. The van der Waals surface area contributed by atoms with E-state index in [9.17, 15) is 4.79 Å². The molecule has 0 bridgehead atoms. The van der Waals surface area contributed by atoms with Gasteiger partial charge in [0.2, 0.25) is 5.91 Å². The van der Waals surface area contributed by atoms with E-state index in [0.717, 1.165) is 51.1 Å². The van der Waals surface area contributed by atoms with Gasteiger partial charge in [0.1, 0.15) is 0 Å². The Labute approximate surface area is 126 Å². The van der Waals surface area contributed by atoms with Gasteiger partial charge in [-0.05, 0) is 44.6 Å². The Morgan fingerprint density at radius 1 is 1.55 bits per heavy atom.